The number of nitrogens with zero attached hydrogens (tertiary/aromatic N) is 2. The van der Waals surface area contributed by atoms with Gasteiger partial charge in [-0.05, 0) is 25.1 Å². The fourth-order valence-corrected chi connectivity index (χ4v) is 1.53. The predicted molar refractivity (Wildman–Crippen MR) is 53.5 cm³/mol. The maximum absolute atomic E-state index is 5.17. The lowest BCUT2D eigenvalue weighted by molar-refractivity contribution is 0.850. The molecule has 0 radical (unpaired) electrons. The molecule has 0 atom stereocenters. The number of nitrogens with one attached hydrogen (secondary N) is 1. The number of aromatic amines is 1. The fraction of sp³-hybridized carbons (Fsp3) is 0.111. The third-order valence-electron chi connectivity index (χ3n) is 1.77. The zero-order chi connectivity index (χ0) is 9.26. The molecule has 0 aliphatic heterocycles. The van der Waals surface area contributed by atoms with E-state index in [1.165, 1.54) is 0 Å². The van der Waals surface area contributed by atoms with Gasteiger partial charge in [0.05, 0.1) is 5.69 Å². The highest BCUT2D eigenvalue weighted by molar-refractivity contribution is 7.71. The summed E-state index contributed by atoms with van der Waals surface area (Å²) in [6.07, 6.45) is 3.49. The van der Waals surface area contributed by atoms with Crippen LogP contribution < -0.4 is 0 Å². The van der Waals surface area contributed by atoms with E-state index in [-0.39, 0.29) is 0 Å². The molecule has 0 aliphatic rings. The molecular formula is C9H9N3S. The number of aromatic nitrogens is 3. The first-order valence-electron chi connectivity index (χ1n) is 3.96. The highest BCUT2D eigenvalue weighted by Gasteiger charge is 1.97. The molecule has 0 saturated carbocycles. The second-order valence-corrected chi connectivity index (χ2v) is 3.24. The first-order chi connectivity index (χ1) is 6.27. The molecule has 0 saturated heterocycles. The molecule has 1 N–H and O–H groups in total. The smallest absolute Gasteiger partial charge is 0.127 e. The first kappa shape index (κ1) is 8.19. The minimum absolute atomic E-state index is 0.781. The topological polar surface area (TPSA) is 33.6 Å². The lowest BCUT2D eigenvalue weighted by atomic mass is 10.4. The van der Waals surface area contributed by atoms with Crippen LogP contribution >= 0.6 is 12.2 Å². The molecule has 0 amide bonds. The average Bonchev–Trinajstić information content (AvgIpc) is 2.47. The summed E-state index contributed by atoms with van der Waals surface area (Å²) in [6.45, 7) is 1.98. The third-order valence-corrected chi connectivity index (χ3v) is 2.07. The van der Waals surface area contributed by atoms with Crippen molar-refractivity contribution >= 4 is 12.2 Å². The molecule has 0 aliphatic carbocycles. The molecule has 2 heterocycles. The van der Waals surface area contributed by atoms with Gasteiger partial charge in [-0.15, -0.1) is 0 Å². The Morgan fingerprint density at radius 2 is 2.08 bits per heavy atom. The second kappa shape index (κ2) is 3.14. The summed E-state index contributed by atoms with van der Waals surface area (Å²) in [5.74, 6) is 0. The van der Waals surface area contributed by atoms with Crippen molar-refractivity contribution in [1.82, 2.24) is 14.8 Å². The molecule has 4 heteroatoms. The molecule has 2 rings (SSSR count). The molecule has 0 spiro atoms. The largest absolute Gasteiger partial charge is 0.297 e. The number of rotatable bonds is 1. The van der Waals surface area contributed by atoms with Crippen molar-refractivity contribution in [2.45, 2.75) is 6.92 Å². The van der Waals surface area contributed by atoms with Gasteiger partial charge in [-0.3, -0.25) is 10.1 Å². The number of pyridine rings is 1. The molecule has 13 heavy (non-hydrogen) atoms. The first-order valence-corrected chi connectivity index (χ1v) is 4.37. The van der Waals surface area contributed by atoms with Crippen LogP contribution in [0.2, 0.25) is 0 Å². The van der Waals surface area contributed by atoms with Crippen LogP contribution in [0.4, 0.5) is 0 Å². The van der Waals surface area contributed by atoms with Crippen LogP contribution in [-0.2, 0) is 0 Å². The van der Waals surface area contributed by atoms with Gasteiger partial charge >= 0.3 is 0 Å². The van der Waals surface area contributed by atoms with Crippen molar-refractivity contribution in [3.63, 3.8) is 0 Å². The summed E-state index contributed by atoms with van der Waals surface area (Å²) in [5, 5.41) is 3.15. The summed E-state index contributed by atoms with van der Waals surface area (Å²) in [5.41, 5.74) is 2.06. The highest BCUT2D eigenvalue weighted by Crippen LogP contribution is 2.06. The third kappa shape index (κ3) is 1.53. The Morgan fingerprint density at radius 1 is 1.38 bits per heavy atom. The average molecular weight is 191 g/mol. The van der Waals surface area contributed by atoms with E-state index >= 15 is 0 Å². The van der Waals surface area contributed by atoms with Gasteiger partial charge in [-0.25, -0.2) is 4.68 Å². The normalized spacial score (nSPS) is 10.2. The Bertz CT molecular complexity index is 455. The van der Waals surface area contributed by atoms with Crippen molar-refractivity contribution < 1.29 is 0 Å². The zero-order valence-corrected chi connectivity index (χ0v) is 8.01. The molecule has 0 unspecified atom stereocenters. The van der Waals surface area contributed by atoms with E-state index in [0.717, 1.165) is 16.0 Å². The number of aryl methyl sites for hydroxylation is 1. The van der Waals surface area contributed by atoms with E-state index in [2.05, 4.69) is 10.1 Å². The minimum atomic E-state index is 0.781. The molecule has 66 valence electrons. The molecule has 3 nitrogen and oxygen atoms in total. The molecule has 0 bridgehead atoms. The number of H-pyrrole nitrogens is 1. The molecular weight excluding hydrogens is 182 g/mol. The fourth-order valence-electron chi connectivity index (χ4n) is 1.20. The van der Waals surface area contributed by atoms with E-state index < -0.39 is 0 Å². The van der Waals surface area contributed by atoms with Gasteiger partial charge in [0.25, 0.3) is 0 Å². The van der Waals surface area contributed by atoms with Gasteiger partial charge < -0.3 is 0 Å². The Hall–Kier alpha value is -1.42. The van der Waals surface area contributed by atoms with Crippen molar-refractivity contribution in [3.05, 3.63) is 40.9 Å². The summed E-state index contributed by atoms with van der Waals surface area (Å²) in [4.78, 5) is 3.95. The lowest BCUT2D eigenvalue weighted by Gasteiger charge is -2.00. The Balaban J connectivity index is 2.59. The van der Waals surface area contributed by atoms with Crippen molar-refractivity contribution in [2.24, 2.45) is 0 Å². The van der Waals surface area contributed by atoms with Gasteiger partial charge in [0.15, 0.2) is 0 Å². The minimum Gasteiger partial charge on any atom is -0.297 e. The van der Waals surface area contributed by atoms with Crippen molar-refractivity contribution in [1.29, 1.82) is 0 Å². The molecule has 0 aromatic carbocycles. The SMILES string of the molecule is Cc1cc(=S)n(-c2ccncc2)[nH]1. The zero-order valence-electron chi connectivity index (χ0n) is 7.19. The van der Waals surface area contributed by atoms with E-state index in [4.69, 9.17) is 12.2 Å². The second-order valence-electron chi connectivity index (χ2n) is 2.82. The molecule has 0 fully saturated rings. The Morgan fingerprint density at radius 3 is 2.62 bits per heavy atom. The summed E-state index contributed by atoms with van der Waals surface area (Å²) < 4.78 is 2.63. The quantitative estimate of drug-likeness (QED) is 0.701. The Labute approximate surface area is 81.0 Å². The Kier molecular flexibility index (Phi) is 1.98. The molecule has 2 aromatic heterocycles. The summed E-state index contributed by atoms with van der Waals surface area (Å²) in [6, 6.07) is 5.74. The van der Waals surface area contributed by atoms with Crippen LogP contribution in [0, 0.1) is 11.6 Å². The maximum Gasteiger partial charge on any atom is 0.127 e. The van der Waals surface area contributed by atoms with E-state index in [0.29, 0.717) is 0 Å². The van der Waals surface area contributed by atoms with Gasteiger partial charge in [0.1, 0.15) is 4.64 Å². The van der Waals surface area contributed by atoms with Crippen LogP contribution in [0.25, 0.3) is 5.69 Å². The van der Waals surface area contributed by atoms with Crippen LogP contribution in [0.5, 0.6) is 0 Å². The van der Waals surface area contributed by atoms with Crippen LogP contribution in [0.3, 0.4) is 0 Å². The standard InChI is InChI=1S/C9H9N3S/c1-7-6-9(13)12(11-7)8-2-4-10-5-3-8/h2-6,11H,1H3. The van der Waals surface area contributed by atoms with Gasteiger partial charge in [0.2, 0.25) is 0 Å². The monoisotopic (exact) mass is 191 g/mol. The maximum atomic E-state index is 5.17. The van der Waals surface area contributed by atoms with E-state index in [1.54, 1.807) is 12.4 Å². The van der Waals surface area contributed by atoms with E-state index in [9.17, 15) is 0 Å². The summed E-state index contributed by atoms with van der Waals surface area (Å²) in [7, 11) is 0. The highest BCUT2D eigenvalue weighted by atomic mass is 32.1. The predicted octanol–water partition coefficient (Wildman–Crippen LogP) is 2.24. The van der Waals surface area contributed by atoms with Gasteiger partial charge in [-0.1, -0.05) is 12.2 Å². The number of hydrogen-bond acceptors (Lipinski definition) is 2. The van der Waals surface area contributed by atoms with E-state index in [1.807, 2.05) is 29.8 Å². The molecule has 2 aromatic rings. The van der Waals surface area contributed by atoms with Crippen LogP contribution in [-0.4, -0.2) is 14.8 Å². The van der Waals surface area contributed by atoms with Gasteiger partial charge in [-0.2, -0.15) is 0 Å². The summed E-state index contributed by atoms with van der Waals surface area (Å²) >= 11 is 5.17. The van der Waals surface area contributed by atoms with Crippen molar-refractivity contribution in [3.8, 4) is 5.69 Å². The van der Waals surface area contributed by atoms with Crippen molar-refractivity contribution in [2.75, 3.05) is 0 Å². The van der Waals surface area contributed by atoms with Gasteiger partial charge in [0, 0.05) is 18.1 Å². The van der Waals surface area contributed by atoms with Crippen LogP contribution in [0.1, 0.15) is 5.69 Å². The van der Waals surface area contributed by atoms with Crippen LogP contribution in [0.15, 0.2) is 30.6 Å². The lowest BCUT2D eigenvalue weighted by Crippen LogP contribution is -1.95. The number of hydrogen-bond donors (Lipinski definition) is 1.